The molecule has 0 unspecified atom stereocenters. The second-order valence-electron chi connectivity index (χ2n) is 7.77. The first-order valence-electron chi connectivity index (χ1n) is 11.0. The van der Waals surface area contributed by atoms with Crippen LogP contribution in [0.2, 0.25) is 0 Å². The first-order chi connectivity index (χ1) is 16.1. The predicted octanol–water partition coefficient (Wildman–Crippen LogP) is 4.10. The number of hydrogen-bond donors (Lipinski definition) is 1. The van der Waals surface area contributed by atoms with E-state index in [1.165, 1.54) is 4.57 Å². The van der Waals surface area contributed by atoms with E-state index < -0.39 is 0 Å². The number of allylic oxidation sites excluding steroid dienone is 2. The molecule has 2 aromatic heterocycles. The van der Waals surface area contributed by atoms with E-state index in [1.807, 2.05) is 74.5 Å². The maximum absolute atomic E-state index is 13.0. The lowest BCUT2D eigenvalue weighted by molar-refractivity contribution is 0.0897. The molecule has 0 radical (unpaired) electrons. The zero-order chi connectivity index (χ0) is 23.2. The van der Waals surface area contributed by atoms with E-state index >= 15 is 0 Å². The number of benzene rings is 2. The SMILES string of the molecule is CC=CCc1cn(C(=O)CCC)c(=O)n1Cc1ccc(-c2ccccc2-c2nnn[nH]2)cc1. The van der Waals surface area contributed by atoms with E-state index in [4.69, 9.17) is 0 Å². The molecule has 4 aromatic rings. The van der Waals surface area contributed by atoms with Crippen molar-refractivity contribution in [1.29, 1.82) is 0 Å². The molecule has 8 nitrogen and oxygen atoms in total. The van der Waals surface area contributed by atoms with Crippen LogP contribution in [0, 0.1) is 0 Å². The van der Waals surface area contributed by atoms with E-state index in [2.05, 4.69) is 20.6 Å². The Morgan fingerprint density at radius 2 is 1.85 bits per heavy atom. The van der Waals surface area contributed by atoms with Crippen molar-refractivity contribution in [3.05, 3.63) is 88.6 Å². The summed E-state index contributed by atoms with van der Waals surface area (Å²) in [4.78, 5) is 25.4. The molecule has 0 atom stereocenters. The monoisotopic (exact) mass is 442 g/mol. The summed E-state index contributed by atoms with van der Waals surface area (Å²) in [5.74, 6) is 0.435. The van der Waals surface area contributed by atoms with Crippen molar-refractivity contribution in [2.45, 2.75) is 39.7 Å². The summed E-state index contributed by atoms with van der Waals surface area (Å²) in [6.45, 7) is 4.26. The van der Waals surface area contributed by atoms with Gasteiger partial charge in [-0.3, -0.25) is 9.36 Å². The third-order valence-electron chi connectivity index (χ3n) is 5.49. The Labute approximate surface area is 191 Å². The molecule has 0 saturated heterocycles. The molecular formula is C25H26N6O2. The molecule has 168 valence electrons. The second-order valence-corrected chi connectivity index (χ2v) is 7.77. The Bertz CT molecular complexity index is 1310. The molecule has 0 spiro atoms. The molecule has 33 heavy (non-hydrogen) atoms. The van der Waals surface area contributed by atoms with Gasteiger partial charge >= 0.3 is 5.69 Å². The molecule has 0 bridgehead atoms. The molecule has 0 aliphatic rings. The van der Waals surface area contributed by atoms with Gasteiger partial charge in [0, 0.05) is 30.3 Å². The number of aromatic nitrogens is 6. The van der Waals surface area contributed by atoms with Crippen LogP contribution in [0.4, 0.5) is 0 Å². The average molecular weight is 443 g/mol. The highest BCUT2D eigenvalue weighted by Crippen LogP contribution is 2.29. The van der Waals surface area contributed by atoms with Crippen molar-refractivity contribution in [3.63, 3.8) is 0 Å². The maximum atomic E-state index is 13.0. The van der Waals surface area contributed by atoms with Crippen LogP contribution >= 0.6 is 0 Å². The number of H-pyrrole nitrogens is 1. The van der Waals surface area contributed by atoms with Gasteiger partial charge in [-0.05, 0) is 40.5 Å². The van der Waals surface area contributed by atoms with Gasteiger partial charge in [-0.15, -0.1) is 5.10 Å². The molecule has 4 rings (SSSR count). The number of nitrogens with one attached hydrogen (secondary N) is 1. The number of tetrazole rings is 1. The van der Waals surface area contributed by atoms with E-state index in [1.54, 1.807) is 10.8 Å². The third-order valence-corrected chi connectivity index (χ3v) is 5.49. The van der Waals surface area contributed by atoms with Gasteiger partial charge in [0.05, 0.1) is 6.54 Å². The van der Waals surface area contributed by atoms with Crippen LogP contribution in [0.1, 0.15) is 42.7 Å². The van der Waals surface area contributed by atoms with Crippen LogP contribution in [0.5, 0.6) is 0 Å². The number of nitrogens with zero attached hydrogens (tertiary/aromatic N) is 5. The minimum absolute atomic E-state index is 0.170. The number of carbonyl (C=O) groups excluding carboxylic acids is 1. The van der Waals surface area contributed by atoms with Crippen molar-refractivity contribution in [2.75, 3.05) is 0 Å². The summed E-state index contributed by atoms with van der Waals surface area (Å²) in [6.07, 6.45) is 7.25. The van der Waals surface area contributed by atoms with Crippen molar-refractivity contribution in [1.82, 2.24) is 29.8 Å². The van der Waals surface area contributed by atoms with Gasteiger partial charge in [-0.2, -0.15) is 0 Å². The molecule has 0 saturated carbocycles. The molecular weight excluding hydrogens is 416 g/mol. The summed E-state index contributed by atoms with van der Waals surface area (Å²) >= 11 is 0. The predicted molar refractivity (Wildman–Crippen MR) is 127 cm³/mol. The van der Waals surface area contributed by atoms with E-state index in [9.17, 15) is 9.59 Å². The largest absolute Gasteiger partial charge is 0.335 e. The van der Waals surface area contributed by atoms with Crippen LogP contribution < -0.4 is 5.69 Å². The van der Waals surface area contributed by atoms with E-state index in [-0.39, 0.29) is 11.6 Å². The number of imidazole rings is 1. The Hall–Kier alpha value is -4.07. The van der Waals surface area contributed by atoms with Crippen molar-refractivity contribution >= 4 is 5.91 Å². The van der Waals surface area contributed by atoms with Gasteiger partial charge in [0.25, 0.3) is 0 Å². The fourth-order valence-electron chi connectivity index (χ4n) is 3.80. The third kappa shape index (κ3) is 4.74. The standard InChI is InChI=1S/C25H26N6O2/c1-3-5-9-20-17-31(23(32)8-4-2)25(33)30(20)16-18-12-14-19(15-13-18)21-10-6-7-11-22(21)24-26-28-29-27-24/h3,5-7,10-15,17H,4,8-9,16H2,1-2H3,(H,26,27,28,29). The van der Waals surface area contributed by atoms with Crippen LogP contribution in [-0.4, -0.2) is 35.7 Å². The molecule has 2 heterocycles. The van der Waals surface area contributed by atoms with Gasteiger partial charge in [0.1, 0.15) is 0 Å². The average Bonchev–Trinajstić information content (AvgIpc) is 3.48. The van der Waals surface area contributed by atoms with E-state index in [0.717, 1.165) is 27.9 Å². The second kappa shape index (κ2) is 10.0. The summed E-state index contributed by atoms with van der Waals surface area (Å²) in [5, 5.41) is 14.2. The fourth-order valence-corrected chi connectivity index (χ4v) is 3.80. The molecule has 8 heteroatoms. The fraction of sp³-hybridized carbons (Fsp3) is 0.240. The summed E-state index contributed by atoms with van der Waals surface area (Å²) in [7, 11) is 0. The summed E-state index contributed by atoms with van der Waals surface area (Å²) in [6, 6.07) is 15.9. The number of hydrogen-bond acceptors (Lipinski definition) is 5. The minimum Gasteiger partial charge on any atom is -0.291 e. The summed E-state index contributed by atoms with van der Waals surface area (Å²) < 4.78 is 2.93. The Balaban J connectivity index is 1.64. The summed E-state index contributed by atoms with van der Waals surface area (Å²) in [5.41, 5.74) is 4.43. The smallest absolute Gasteiger partial charge is 0.291 e. The Kier molecular flexibility index (Phi) is 6.73. The normalized spacial score (nSPS) is 11.3. The lowest BCUT2D eigenvalue weighted by Crippen LogP contribution is -2.29. The first-order valence-corrected chi connectivity index (χ1v) is 11.0. The Morgan fingerprint density at radius 1 is 1.09 bits per heavy atom. The molecule has 2 aromatic carbocycles. The molecule has 0 aliphatic carbocycles. The molecule has 1 N–H and O–H groups in total. The van der Waals surface area contributed by atoms with Gasteiger partial charge in [-0.1, -0.05) is 67.6 Å². The number of aromatic amines is 1. The lowest BCUT2D eigenvalue weighted by Gasteiger charge is -2.10. The zero-order valence-corrected chi connectivity index (χ0v) is 18.7. The van der Waals surface area contributed by atoms with Crippen molar-refractivity contribution in [3.8, 4) is 22.5 Å². The van der Waals surface area contributed by atoms with Crippen molar-refractivity contribution < 1.29 is 4.79 Å². The highest BCUT2D eigenvalue weighted by atomic mass is 16.2. The molecule has 0 fully saturated rings. The topological polar surface area (TPSA) is 98.5 Å². The van der Waals surface area contributed by atoms with Gasteiger partial charge in [0.15, 0.2) is 5.82 Å². The van der Waals surface area contributed by atoms with Gasteiger partial charge < -0.3 is 0 Å². The number of carbonyl (C=O) groups is 1. The Morgan fingerprint density at radius 3 is 2.52 bits per heavy atom. The minimum atomic E-state index is -0.291. The highest BCUT2D eigenvalue weighted by Gasteiger charge is 2.16. The highest BCUT2D eigenvalue weighted by molar-refractivity contribution is 5.80. The van der Waals surface area contributed by atoms with Gasteiger partial charge in [0.2, 0.25) is 5.91 Å². The molecule has 0 aliphatic heterocycles. The molecule has 0 amide bonds. The van der Waals surface area contributed by atoms with E-state index in [0.29, 0.717) is 31.6 Å². The van der Waals surface area contributed by atoms with Crippen LogP contribution in [-0.2, 0) is 13.0 Å². The van der Waals surface area contributed by atoms with Crippen LogP contribution in [0.25, 0.3) is 22.5 Å². The van der Waals surface area contributed by atoms with Crippen molar-refractivity contribution in [2.24, 2.45) is 0 Å². The first kappa shape index (κ1) is 22.1. The quantitative estimate of drug-likeness (QED) is 0.414. The van der Waals surface area contributed by atoms with Gasteiger partial charge in [-0.25, -0.2) is 14.5 Å². The number of rotatable bonds is 8. The van der Waals surface area contributed by atoms with Crippen LogP contribution in [0.15, 0.2) is 71.7 Å². The van der Waals surface area contributed by atoms with Crippen LogP contribution in [0.3, 0.4) is 0 Å². The zero-order valence-electron chi connectivity index (χ0n) is 18.7. The maximum Gasteiger partial charge on any atom is 0.335 e. The lowest BCUT2D eigenvalue weighted by atomic mass is 9.98.